The quantitative estimate of drug-likeness (QED) is 0.738. The van der Waals surface area contributed by atoms with Gasteiger partial charge in [-0.05, 0) is 36.4 Å². The van der Waals surface area contributed by atoms with Crippen LogP contribution in [0.3, 0.4) is 0 Å². The van der Waals surface area contributed by atoms with E-state index in [4.69, 9.17) is 11.5 Å². The van der Waals surface area contributed by atoms with E-state index in [2.05, 4.69) is 4.72 Å². The number of amides is 1. The number of primary amides is 1. The maximum Gasteiger partial charge on any atom is 0.261 e. The second-order valence-electron chi connectivity index (χ2n) is 4.23. The first kappa shape index (κ1) is 14.8. The van der Waals surface area contributed by atoms with Gasteiger partial charge in [0.05, 0.1) is 10.6 Å². The van der Waals surface area contributed by atoms with Crippen molar-refractivity contribution < 1.29 is 17.6 Å². The van der Waals surface area contributed by atoms with Crippen LogP contribution in [0.2, 0.25) is 0 Å². The number of sulfonamides is 1. The zero-order valence-electron chi connectivity index (χ0n) is 10.7. The number of carbonyl (C=O) groups excluding carboxylic acids is 1. The fourth-order valence-corrected chi connectivity index (χ4v) is 2.69. The van der Waals surface area contributed by atoms with Crippen molar-refractivity contribution in [2.75, 3.05) is 10.5 Å². The zero-order chi connectivity index (χ0) is 15.6. The van der Waals surface area contributed by atoms with Gasteiger partial charge in [-0.25, -0.2) is 12.8 Å². The molecule has 2 aromatic carbocycles. The number of anilines is 2. The van der Waals surface area contributed by atoms with Crippen molar-refractivity contribution in [1.29, 1.82) is 0 Å². The Balaban J connectivity index is 2.35. The summed E-state index contributed by atoms with van der Waals surface area (Å²) in [6.07, 6.45) is 0. The summed E-state index contributed by atoms with van der Waals surface area (Å²) in [4.78, 5) is 10.8. The molecular formula is C13H12FN3O3S. The van der Waals surface area contributed by atoms with E-state index in [0.29, 0.717) is 0 Å². The third-order valence-corrected chi connectivity index (χ3v) is 4.06. The second kappa shape index (κ2) is 5.41. The molecule has 0 fully saturated rings. The molecule has 0 saturated heterocycles. The molecule has 1 amide bonds. The number of hydrogen-bond acceptors (Lipinski definition) is 4. The van der Waals surface area contributed by atoms with Crippen molar-refractivity contribution in [3.8, 4) is 0 Å². The Hall–Kier alpha value is -2.61. The van der Waals surface area contributed by atoms with Gasteiger partial charge in [-0.15, -0.1) is 0 Å². The number of nitrogens with one attached hydrogen (secondary N) is 1. The summed E-state index contributed by atoms with van der Waals surface area (Å²) in [6.45, 7) is 0. The molecule has 5 N–H and O–H groups in total. The first-order chi connectivity index (χ1) is 9.79. The van der Waals surface area contributed by atoms with Crippen LogP contribution in [0.15, 0.2) is 47.4 Å². The number of nitrogens with two attached hydrogens (primary N) is 2. The summed E-state index contributed by atoms with van der Waals surface area (Å²) in [5, 5.41) is 0. The van der Waals surface area contributed by atoms with Crippen LogP contribution in [0.1, 0.15) is 10.4 Å². The van der Waals surface area contributed by atoms with E-state index in [1.807, 2.05) is 0 Å². The fraction of sp³-hybridized carbons (Fsp3) is 0. The largest absolute Gasteiger partial charge is 0.396 e. The highest BCUT2D eigenvalue weighted by Gasteiger charge is 2.16. The first-order valence-electron chi connectivity index (χ1n) is 5.77. The van der Waals surface area contributed by atoms with E-state index in [0.717, 1.165) is 12.1 Å². The third-order valence-electron chi connectivity index (χ3n) is 2.68. The number of halogens is 1. The van der Waals surface area contributed by atoms with E-state index < -0.39 is 21.7 Å². The maximum atomic E-state index is 13.3. The molecule has 2 aromatic rings. The minimum Gasteiger partial charge on any atom is -0.396 e. The molecule has 110 valence electrons. The van der Waals surface area contributed by atoms with Gasteiger partial charge in [-0.1, -0.05) is 6.07 Å². The van der Waals surface area contributed by atoms with Crippen LogP contribution in [-0.4, -0.2) is 14.3 Å². The Kier molecular flexibility index (Phi) is 3.81. The molecular weight excluding hydrogens is 297 g/mol. The number of hydrogen-bond donors (Lipinski definition) is 3. The third kappa shape index (κ3) is 3.29. The molecule has 0 atom stereocenters. The van der Waals surface area contributed by atoms with E-state index in [1.165, 1.54) is 30.3 Å². The zero-order valence-corrected chi connectivity index (χ0v) is 11.5. The summed E-state index contributed by atoms with van der Waals surface area (Å²) in [7, 11) is -3.99. The van der Waals surface area contributed by atoms with Crippen LogP contribution < -0.4 is 16.2 Å². The predicted molar refractivity (Wildman–Crippen MR) is 76.6 cm³/mol. The number of rotatable bonds is 4. The minimum atomic E-state index is -3.99. The van der Waals surface area contributed by atoms with Crippen molar-refractivity contribution in [1.82, 2.24) is 0 Å². The number of benzene rings is 2. The normalized spacial score (nSPS) is 11.1. The van der Waals surface area contributed by atoms with E-state index in [-0.39, 0.29) is 21.8 Å². The van der Waals surface area contributed by atoms with Crippen LogP contribution in [0.4, 0.5) is 15.8 Å². The van der Waals surface area contributed by atoms with E-state index in [1.54, 1.807) is 0 Å². The predicted octanol–water partition coefficient (Wildman–Crippen LogP) is 1.31. The Morgan fingerprint density at radius 3 is 2.48 bits per heavy atom. The lowest BCUT2D eigenvalue weighted by Gasteiger charge is -2.09. The molecule has 0 bridgehead atoms. The molecule has 0 aliphatic heterocycles. The average Bonchev–Trinajstić information content (AvgIpc) is 2.41. The Labute approximate surface area is 120 Å². The molecule has 0 aliphatic rings. The Bertz CT molecular complexity index is 806. The molecule has 6 nitrogen and oxygen atoms in total. The minimum absolute atomic E-state index is 0.142. The van der Waals surface area contributed by atoms with Gasteiger partial charge in [0, 0.05) is 11.3 Å². The highest BCUT2D eigenvalue weighted by Crippen LogP contribution is 2.20. The van der Waals surface area contributed by atoms with Crippen LogP contribution >= 0.6 is 0 Å². The fourth-order valence-electron chi connectivity index (χ4n) is 1.63. The van der Waals surface area contributed by atoms with Crippen molar-refractivity contribution in [3.63, 3.8) is 0 Å². The molecule has 8 heteroatoms. The molecule has 0 aliphatic carbocycles. The van der Waals surface area contributed by atoms with Gasteiger partial charge in [-0.3, -0.25) is 9.52 Å². The van der Waals surface area contributed by atoms with Crippen molar-refractivity contribution in [3.05, 3.63) is 53.8 Å². The SMILES string of the molecule is NC(=O)c1cccc(NS(=O)(=O)c2ccc(N)c(F)c2)c1. The van der Waals surface area contributed by atoms with Gasteiger partial charge < -0.3 is 11.5 Å². The molecule has 0 aromatic heterocycles. The average molecular weight is 309 g/mol. The summed E-state index contributed by atoms with van der Waals surface area (Å²) in [6, 6.07) is 8.80. The summed E-state index contributed by atoms with van der Waals surface area (Å²) in [5.74, 6) is -1.52. The smallest absolute Gasteiger partial charge is 0.261 e. The van der Waals surface area contributed by atoms with E-state index in [9.17, 15) is 17.6 Å². The maximum absolute atomic E-state index is 13.3. The molecule has 2 rings (SSSR count). The van der Waals surface area contributed by atoms with Crippen molar-refractivity contribution >= 4 is 27.3 Å². The highest BCUT2D eigenvalue weighted by atomic mass is 32.2. The number of nitrogen functional groups attached to an aromatic ring is 1. The lowest BCUT2D eigenvalue weighted by atomic mass is 10.2. The molecule has 0 radical (unpaired) electrons. The van der Waals surface area contributed by atoms with Crippen LogP contribution in [0, 0.1) is 5.82 Å². The first-order valence-corrected chi connectivity index (χ1v) is 7.25. The molecule has 0 unspecified atom stereocenters. The Morgan fingerprint density at radius 2 is 1.86 bits per heavy atom. The summed E-state index contributed by atoms with van der Waals surface area (Å²) >= 11 is 0. The molecule has 0 spiro atoms. The van der Waals surface area contributed by atoms with E-state index >= 15 is 0 Å². The Morgan fingerprint density at radius 1 is 1.14 bits per heavy atom. The molecule has 0 saturated carbocycles. The lowest BCUT2D eigenvalue weighted by molar-refractivity contribution is 0.100. The van der Waals surface area contributed by atoms with Crippen LogP contribution in [-0.2, 0) is 10.0 Å². The number of carbonyl (C=O) groups is 1. The van der Waals surface area contributed by atoms with Gasteiger partial charge in [-0.2, -0.15) is 0 Å². The monoisotopic (exact) mass is 309 g/mol. The standard InChI is InChI=1S/C13H12FN3O3S/c14-11-7-10(4-5-12(11)15)21(19,20)17-9-3-1-2-8(6-9)13(16)18/h1-7,17H,15H2,(H2,16,18). The van der Waals surface area contributed by atoms with Gasteiger partial charge in [0.1, 0.15) is 5.82 Å². The van der Waals surface area contributed by atoms with Gasteiger partial charge in [0.25, 0.3) is 10.0 Å². The molecule has 21 heavy (non-hydrogen) atoms. The molecule has 0 heterocycles. The summed E-state index contributed by atoms with van der Waals surface area (Å²) < 4.78 is 39.8. The second-order valence-corrected chi connectivity index (χ2v) is 5.92. The van der Waals surface area contributed by atoms with Crippen molar-refractivity contribution in [2.24, 2.45) is 5.73 Å². The topological polar surface area (TPSA) is 115 Å². The van der Waals surface area contributed by atoms with Gasteiger partial charge in [0.15, 0.2) is 0 Å². The van der Waals surface area contributed by atoms with Gasteiger partial charge >= 0.3 is 0 Å². The van der Waals surface area contributed by atoms with Gasteiger partial charge in [0.2, 0.25) is 5.91 Å². The van der Waals surface area contributed by atoms with Crippen molar-refractivity contribution in [2.45, 2.75) is 4.90 Å². The van der Waals surface area contributed by atoms with Crippen LogP contribution in [0.25, 0.3) is 0 Å². The van der Waals surface area contributed by atoms with Crippen LogP contribution in [0.5, 0.6) is 0 Å². The summed E-state index contributed by atoms with van der Waals surface area (Å²) in [5.41, 5.74) is 10.6. The lowest BCUT2D eigenvalue weighted by Crippen LogP contribution is -2.15. The highest BCUT2D eigenvalue weighted by molar-refractivity contribution is 7.92.